The summed E-state index contributed by atoms with van der Waals surface area (Å²) in [6.45, 7) is 4.65. The smallest absolute Gasteiger partial charge is 0.252 e. The third-order valence-corrected chi connectivity index (χ3v) is 6.69. The van der Waals surface area contributed by atoms with Crippen molar-refractivity contribution in [3.63, 3.8) is 0 Å². The van der Waals surface area contributed by atoms with E-state index in [-0.39, 0.29) is 10.7 Å². The molecule has 1 aliphatic heterocycles. The fourth-order valence-corrected chi connectivity index (χ4v) is 4.85. The van der Waals surface area contributed by atoms with Crippen LogP contribution in [-0.4, -0.2) is 63.3 Å². The van der Waals surface area contributed by atoms with Gasteiger partial charge in [0.2, 0.25) is 10.0 Å². The number of hydrogen-bond acceptors (Lipinski definition) is 7. The number of morpholine rings is 1. The summed E-state index contributed by atoms with van der Waals surface area (Å²) in [5, 5.41) is 13.0. The van der Waals surface area contributed by atoms with Gasteiger partial charge in [0, 0.05) is 19.6 Å². The van der Waals surface area contributed by atoms with E-state index in [2.05, 4.69) is 22.0 Å². The van der Waals surface area contributed by atoms with Crippen molar-refractivity contribution < 1.29 is 13.2 Å². The van der Waals surface area contributed by atoms with Crippen LogP contribution in [0.5, 0.6) is 0 Å². The highest BCUT2D eigenvalue weighted by atomic mass is 32.2. The Labute approximate surface area is 168 Å². The number of rotatable bonds is 6. The molecule has 0 unspecified atom stereocenters. The van der Waals surface area contributed by atoms with E-state index < -0.39 is 10.0 Å². The van der Waals surface area contributed by atoms with E-state index in [9.17, 15) is 8.42 Å². The standard InChI is InChI=1S/C18H21N7O3S/c1-2-5-25-16-4-3-14(29(26,27)24-6-8-28-9-7-24)10-15(16)21-18(25)12-23-13-20-17(11-19)22-23/h3-4,10,13H,2,5-9,12H2,1H3. The number of hydrogen-bond donors (Lipinski definition) is 0. The minimum Gasteiger partial charge on any atom is -0.379 e. The second kappa shape index (κ2) is 7.90. The topological polar surface area (TPSA) is 119 Å². The van der Waals surface area contributed by atoms with Crippen molar-refractivity contribution in [2.45, 2.75) is 31.3 Å². The average molecular weight is 415 g/mol. The van der Waals surface area contributed by atoms with E-state index in [1.807, 2.05) is 10.6 Å². The van der Waals surface area contributed by atoms with Crippen LogP contribution >= 0.6 is 0 Å². The van der Waals surface area contributed by atoms with Gasteiger partial charge in [-0.25, -0.2) is 23.1 Å². The Balaban J connectivity index is 1.72. The Morgan fingerprint density at radius 1 is 1.28 bits per heavy atom. The van der Waals surface area contributed by atoms with Crippen LogP contribution in [0.2, 0.25) is 0 Å². The number of aromatic nitrogens is 5. The first-order chi connectivity index (χ1) is 14.0. The lowest BCUT2D eigenvalue weighted by Gasteiger charge is -2.26. The van der Waals surface area contributed by atoms with Gasteiger partial charge in [0.1, 0.15) is 24.8 Å². The highest BCUT2D eigenvalue weighted by molar-refractivity contribution is 7.89. The van der Waals surface area contributed by atoms with Gasteiger partial charge in [-0.15, -0.1) is 5.10 Å². The van der Waals surface area contributed by atoms with Gasteiger partial charge in [0.05, 0.1) is 29.1 Å². The molecule has 0 aliphatic carbocycles. The predicted molar refractivity (Wildman–Crippen MR) is 103 cm³/mol. The summed E-state index contributed by atoms with van der Waals surface area (Å²) in [5.74, 6) is 0.833. The van der Waals surface area contributed by atoms with Crippen molar-refractivity contribution in [2.24, 2.45) is 0 Å². The van der Waals surface area contributed by atoms with E-state index in [1.165, 1.54) is 10.6 Å². The molecular formula is C18H21N7O3S. The molecule has 3 aromatic rings. The fourth-order valence-electron chi connectivity index (χ4n) is 3.42. The normalized spacial score (nSPS) is 15.6. The van der Waals surface area contributed by atoms with Crippen LogP contribution in [0.4, 0.5) is 0 Å². The second-order valence-corrected chi connectivity index (χ2v) is 8.66. The number of nitriles is 1. The van der Waals surface area contributed by atoms with E-state index in [4.69, 9.17) is 10.00 Å². The van der Waals surface area contributed by atoms with Crippen LogP contribution in [0, 0.1) is 11.3 Å². The van der Waals surface area contributed by atoms with Gasteiger partial charge in [0.15, 0.2) is 0 Å². The summed E-state index contributed by atoms with van der Waals surface area (Å²) in [5.41, 5.74) is 1.48. The summed E-state index contributed by atoms with van der Waals surface area (Å²) < 4.78 is 36.2. The lowest BCUT2D eigenvalue weighted by atomic mass is 10.3. The average Bonchev–Trinajstić information content (AvgIpc) is 3.33. The minimum atomic E-state index is -3.59. The summed E-state index contributed by atoms with van der Waals surface area (Å²) in [4.78, 5) is 8.81. The third-order valence-electron chi connectivity index (χ3n) is 4.79. The minimum absolute atomic E-state index is 0.0991. The van der Waals surface area contributed by atoms with Crippen LogP contribution in [0.15, 0.2) is 29.4 Å². The van der Waals surface area contributed by atoms with Gasteiger partial charge in [0.25, 0.3) is 5.82 Å². The van der Waals surface area contributed by atoms with Crippen LogP contribution in [-0.2, 0) is 27.8 Å². The van der Waals surface area contributed by atoms with E-state index in [0.29, 0.717) is 38.4 Å². The Morgan fingerprint density at radius 3 is 2.76 bits per heavy atom. The molecule has 1 saturated heterocycles. The van der Waals surface area contributed by atoms with Gasteiger partial charge in [-0.3, -0.25) is 0 Å². The summed E-state index contributed by atoms with van der Waals surface area (Å²) in [6.07, 6.45) is 2.38. The third kappa shape index (κ3) is 3.74. The lowest BCUT2D eigenvalue weighted by Crippen LogP contribution is -2.40. The van der Waals surface area contributed by atoms with Crippen LogP contribution in [0.3, 0.4) is 0 Å². The molecule has 0 spiro atoms. The summed E-state index contributed by atoms with van der Waals surface area (Å²) in [6, 6.07) is 6.96. The number of imidazole rings is 1. The maximum atomic E-state index is 13.0. The Kier molecular flexibility index (Phi) is 5.31. The fraction of sp³-hybridized carbons (Fsp3) is 0.444. The molecular weight excluding hydrogens is 394 g/mol. The largest absolute Gasteiger partial charge is 0.379 e. The lowest BCUT2D eigenvalue weighted by molar-refractivity contribution is 0.0730. The van der Waals surface area contributed by atoms with E-state index in [1.54, 1.807) is 22.9 Å². The molecule has 0 atom stereocenters. The molecule has 0 saturated carbocycles. The van der Waals surface area contributed by atoms with Crippen LogP contribution in [0.25, 0.3) is 11.0 Å². The van der Waals surface area contributed by atoms with Gasteiger partial charge in [-0.1, -0.05) is 6.92 Å². The predicted octanol–water partition coefficient (Wildman–Crippen LogP) is 0.979. The van der Waals surface area contributed by atoms with Gasteiger partial charge in [-0.2, -0.15) is 9.57 Å². The van der Waals surface area contributed by atoms with Crippen molar-refractivity contribution in [3.05, 3.63) is 36.2 Å². The Morgan fingerprint density at radius 2 is 2.07 bits per heavy atom. The zero-order chi connectivity index (χ0) is 20.4. The number of ether oxygens (including phenoxy) is 1. The molecule has 4 rings (SSSR count). The number of sulfonamides is 1. The summed E-state index contributed by atoms with van der Waals surface area (Å²) in [7, 11) is -3.59. The molecule has 0 amide bonds. The van der Waals surface area contributed by atoms with Gasteiger partial charge < -0.3 is 9.30 Å². The quantitative estimate of drug-likeness (QED) is 0.589. The van der Waals surface area contributed by atoms with Gasteiger partial charge in [-0.05, 0) is 24.6 Å². The molecule has 0 bridgehead atoms. The zero-order valence-electron chi connectivity index (χ0n) is 16.0. The Hall–Kier alpha value is -2.81. The van der Waals surface area contributed by atoms with Crippen LogP contribution < -0.4 is 0 Å². The molecule has 2 aromatic heterocycles. The first kappa shape index (κ1) is 19.5. The second-order valence-electron chi connectivity index (χ2n) is 6.72. The molecule has 1 aromatic carbocycles. The molecule has 11 heteroatoms. The monoisotopic (exact) mass is 415 g/mol. The molecule has 0 N–H and O–H groups in total. The highest BCUT2D eigenvalue weighted by Crippen LogP contribution is 2.24. The van der Waals surface area contributed by atoms with Crippen molar-refractivity contribution in [1.82, 2.24) is 28.6 Å². The molecule has 29 heavy (non-hydrogen) atoms. The van der Waals surface area contributed by atoms with Crippen molar-refractivity contribution >= 4 is 21.1 Å². The maximum absolute atomic E-state index is 13.0. The number of fused-ring (bicyclic) bond motifs is 1. The molecule has 1 aliphatic rings. The zero-order valence-corrected chi connectivity index (χ0v) is 16.8. The van der Waals surface area contributed by atoms with Gasteiger partial charge >= 0.3 is 0 Å². The number of aryl methyl sites for hydroxylation is 1. The van der Waals surface area contributed by atoms with E-state index in [0.717, 1.165) is 24.3 Å². The molecule has 10 nitrogen and oxygen atoms in total. The molecule has 3 heterocycles. The maximum Gasteiger partial charge on any atom is 0.252 e. The first-order valence-corrected chi connectivity index (χ1v) is 10.8. The number of benzene rings is 1. The summed E-state index contributed by atoms with van der Waals surface area (Å²) >= 11 is 0. The van der Waals surface area contributed by atoms with Crippen LogP contribution in [0.1, 0.15) is 25.0 Å². The number of nitrogens with zero attached hydrogens (tertiary/aromatic N) is 7. The SMILES string of the molecule is CCCn1c(Cn2cnc(C#N)n2)nc2cc(S(=O)(=O)N3CCOCC3)ccc21. The molecule has 0 radical (unpaired) electrons. The first-order valence-electron chi connectivity index (χ1n) is 9.39. The van der Waals surface area contributed by atoms with E-state index >= 15 is 0 Å². The molecule has 152 valence electrons. The van der Waals surface area contributed by atoms with Crippen molar-refractivity contribution in [3.8, 4) is 6.07 Å². The highest BCUT2D eigenvalue weighted by Gasteiger charge is 2.27. The molecule has 1 fully saturated rings. The van der Waals surface area contributed by atoms with Crippen molar-refractivity contribution in [1.29, 1.82) is 5.26 Å². The van der Waals surface area contributed by atoms with Crippen molar-refractivity contribution in [2.75, 3.05) is 26.3 Å². The Bertz CT molecular complexity index is 1170.